The number of rotatable bonds is 6. The van der Waals surface area contributed by atoms with Gasteiger partial charge in [-0.2, -0.15) is 4.31 Å². The molecule has 4 nitrogen and oxygen atoms in total. The van der Waals surface area contributed by atoms with Crippen molar-refractivity contribution in [2.24, 2.45) is 5.92 Å². The van der Waals surface area contributed by atoms with Gasteiger partial charge in [0.15, 0.2) is 11.6 Å². The summed E-state index contributed by atoms with van der Waals surface area (Å²) in [4.78, 5) is -0.708. The molecule has 1 rings (SSSR count). The molecule has 1 atom stereocenters. The van der Waals surface area contributed by atoms with Gasteiger partial charge in [-0.25, -0.2) is 17.2 Å². The first-order valence-corrected chi connectivity index (χ1v) is 7.92. The normalized spacial score (nSPS) is 13.7. The van der Waals surface area contributed by atoms with Gasteiger partial charge in [0, 0.05) is 18.8 Å². The van der Waals surface area contributed by atoms with E-state index in [4.69, 9.17) is 5.73 Å². The van der Waals surface area contributed by atoms with Crippen molar-refractivity contribution in [2.45, 2.75) is 32.1 Å². The largest absolute Gasteiger partial charge is 0.399 e. The number of sulfonamides is 1. The van der Waals surface area contributed by atoms with Crippen LogP contribution in [0.5, 0.6) is 0 Å². The number of anilines is 1. The highest BCUT2D eigenvalue weighted by Crippen LogP contribution is 2.25. The van der Waals surface area contributed by atoms with Gasteiger partial charge in [0.2, 0.25) is 10.0 Å². The van der Waals surface area contributed by atoms with E-state index < -0.39 is 26.6 Å². The molecule has 0 amide bonds. The van der Waals surface area contributed by atoms with Crippen LogP contribution in [0.2, 0.25) is 0 Å². The fourth-order valence-corrected chi connectivity index (χ4v) is 3.46. The average Bonchev–Trinajstić information content (AvgIpc) is 2.39. The molecule has 0 bridgehead atoms. The quantitative estimate of drug-likeness (QED) is 0.822. The van der Waals surface area contributed by atoms with E-state index in [2.05, 4.69) is 0 Å². The first-order valence-electron chi connectivity index (χ1n) is 6.48. The molecule has 0 saturated heterocycles. The number of nitrogen functional groups attached to an aromatic ring is 1. The van der Waals surface area contributed by atoms with Crippen LogP contribution in [-0.2, 0) is 10.0 Å². The maximum atomic E-state index is 13.8. The molecule has 1 aromatic rings. The van der Waals surface area contributed by atoms with Crippen molar-refractivity contribution in [1.82, 2.24) is 4.31 Å². The third kappa shape index (κ3) is 3.46. The Morgan fingerprint density at radius 3 is 2.40 bits per heavy atom. The third-order valence-electron chi connectivity index (χ3n) is 3.20. The summed E-state index contributed by atoms with van der Waals surface area (Å²) in [6, 6.07) is 1.71. The van der Waals surface area contributed by atoms with Gasteiger partial charge >= 0.3 is 0 Å². The van der Waals surface area contributed by atoms with Gasteiger partial charge < -0.3 is 5.73 Å². The number of hydrogen-bond acceptors (Lipinski definition) is 3. The minimum absolute atomic E-state index is 0.123. The van der Waals surface area contributed by atoms with E-state index in [0.717, 1.165) is 22.9 Å². The summed E-state index contributed by atoms with van der Waals surface area (Å²) in [6.07, 6.45) is 0.791. The number of benzene rings is 1. The van der Waals surface area contributed by atoms with Crippen molar-refractivity contribution < 1.29 is 17.2 Å². The number of hydrogen-bond donors (Lipinski definition) is 1. The molecule has 1 unspecified atom stereocenters. The molecule has 0 spiro atoms. The summed E-state index contributed by atoms with van der Waals surface area (Å²) in [7, 11) is -4.09. The van der Waals surface area contributed by atoms with Crippen LogP contribution >= 0.6 is 0 Å². The van der Waals surface area contributed by atoms with Gasteiger partial charge in [-0.1, -0.05) is 27.2 Å². The van der Waals surface area contributed by atoms with E-state index in [1.54, 1.807) is 6.92 Å². The van der Waals surface area contributed by atoms with Crippen LogP contribution in [-0.4, -0.2) is 25.8 Å². The summed E-state index contributed by atoms with van der Waals surface area (Å²) in [5.74, 6) is -2.52. The number of nitrogens with zero attached hydrogens (tertiary/aromatic N) is 1. The van der Waals surface area contributed by atoms with Crippen LogP contribution in [0, 0.1) is 17.6 Å². The van der Waals surface area contributed by atoms with Crippen LogP contribution in [0.4, 0.5) is 14.5 Å². The van der Waals surface area contributed by atoms with Gasteiger partial charge in [0.05, 0.1) is 0 Å². The van der Waals surface area contributed by atoms with Crippen LogP contribution < -0.4 is 5.73 Å². The molecular formula is C13H20F2N2O2S. The standard InChI is InChI=1S/C13H20F2N2O2S/c1-4-9(3)8-17(5-2)20(18,19)12-7-10(16)6-11(14)13(12)15/h6-7,9H,4-5,8,16H2,1-3H3. The highest BCUT2D eigenvalue weighted by atomic mass is 32.2. The summed E-state index contributed by atoms with van der Waals surface area (Å²) < 4.78 is 53.0. The zero-order valence-electron chi connectivity index (χ0n) is 11.9. The molecule has 0 aliphatic rings. The van der Waals surface area contributed by atoms with E-state index in [1.807, 2.05) is 13.8 Å². The van der Waals surface area contributed by atoms with E-state index in [9.17, 15) is 17.2 Å². The van der Waals surface area contributed by atoms with Crippen LogP contribution in [0.15, 0.2) is 17.0 Å². The SMILES string of the molecule is CCC(C)CN(CC)S(=O)(=O)c1cc(N)cc(F)c1F. The Morgan fingerprint density at radius 2 is 1.90 bits per heavy atom. The second kappa shape index (κ2) is 6.49. The molecule has 114 valence electrons. The Morgan fingerprint density at radius 1 is 1.30 bits per heavy atom. The monoisotopic (exact) mass is 306 g/mol. The number of nitrogens with two attached hydrogens (primary N) is 1. The Labute approximate surface area is 118 Å². The molecule has 0 aliphatic carbocycles. The fourth-order valence-electron chi connectivity index (χ4n) is 1.78. The maximum absolute atomic E-state index is 13.8. The molecule has 0 aromatic heterocycles. The summed E-state index contributed by atoms with van der Waals surface area (Å²) in [6.45, 7) is 5.93. The molecule has 0 saturated carbocycles. The zero-order chi connectivity index (χ0) is 15.5. The molecule has 1 aromatic carbocycles. The first-order chi connectivity index (χ1) is 9.23. The van der Waals surface area contributed by atoms with Gasteiger partial charge in [-0.05, 0) is 18.1 Å². The van der Waals surface area contributed by atoms with E-state index in [0.29, 0.717) is 0 Å². The highest BCUT2D eigenvalue weighted by molar-refractivity contribution is 7.89. The number of halogens is 2. The first kappa shape index (κ1) is 16.8. The van der Waals surface area contributed by atoms with Gasteiger partial charge in [0.25, 0.3) is 0 Å². The third-order valence-corrected chi connectivity index (χ3v) is 5.14. The fraction of sp³-hybridized carbons (Fsp3) is 0.538. The second-order valence-corrected chi connectivity index (χ2v) is 6.69. The van der Waals surface area contributed by atoms with Crippen LogP contribution in [0.1, 0.15) is 27.2 Å². The Kier molecular flexibility index (Phi) is 5.47. The lowest BCUT2D eigenvalue weighted by molar-refractivity contribution is 0.358. The molecule has 2 N–H and O–H groups in total. The van der Waals surface area contributed by atoms with Crippen molar-refractivity contribution >= 4 is 15.7 Å². The summed E-state index contributed by atoms with van der Waals surface area (Å²) in [5.41, 5.74) is 5.28. The topological polar surface area (TPSA) is 63.4 Å². The lowest BCUT2D eigenvalue weighted by Gasteiger charge is -2.23. The summed E-state index contributed by atoms with van der Waals surface area (Å²) >= 11 is 0. The van der Waals surface area contributed by atoms with E-state index in [-0.39, 0.29) is 24.7 Å². The Balaban J connectivity index is 3.27. The van der Waals surface area contributed by atoms with Crippen molar-refractivity contribution in [1.29, 1.82) is 0 Å². The predicted molar refractivity (Wildman–Crippen MR) is 74.7 cm³/mol. The van der Waals surface area contributed by atoms with E-state index in [1.165, 1.54) is 0 Å². The van der Waals surface area contributed by atoms with Gasteiger partial charge in [0.1, 0.15) is 4.90 Å². The van der Waals surface area contributed by atoms with Gasteiger partial charge in [-0.15, -0.1) is 0 Å². The lowest BCUT2D eigenvalue weighted by atomic mass is 10.1. The highest BCUT2D eigenvalue weighted by Gasteiger charge is 2.29. The second-order valence-electron chi connectivity index (χ2n) is 4.78. The van der Waals surface area contributed by atoms with E-state index >= 15 is 0 Å². The van der Waals surface area contributed by atoms with Crippen LogP contribution in [0.25, 0.3) is 0 Å². The lowest BCUT2D eigenvalue weighted by Crippen LogP contribution is -2.35. The molecule has 0 aliphatic heterocycles. The van der Waals surface area contributed by atoms with Gasteiger partial charge in [-0.3, -0.25) is 0 Å². The molecule has 7 heteroatoms. The summed E-state index contributed by atoms with van der Waals surface area (Å²) in [5, 5.41) is 0. The molecule has 20 heavy (non-hydrogen) atoms. The minimum atomic E-state index is -4.09. The zero-order valence-corrected chi connectivity index (χ0v) is 12.7. The minimum Gasteiger partial charge on any atom is -0.399 e. The average molecular weight is 306 g/mol. The molecular weight excluding hydrogens is 286 g/mol. The van der Waals surface area contributed by atoms with Crippen LogP contribution in [0.3, 0.4) is 0 Å². The Bertz CT molecular complexity index is 576. The maximum Gasteiger partial charge on any atom is 0.246 e. The van der Waals surface area contributed by atoms with Crippen molar-refractivity contribution in [2.75, 3.05) is 18.8 Å². The molecule has 0 heterocycles. The molecule has 0 fully saturated rings. The smallest absolute Gasteiger partial charge is 0.246 e. The predicted octanol–water partition coefficient (Wildman–Crippen LogP) is 2.60. The van der Waals surface area contributed by atoms with Crippen molar-refractivity contribution in [3.05, 3.63) is 23.8 Å². The Hall–Kier alpha value is -1.21. The van der Waals surface area contributed by atoms with Crippen molar-refractivity contribution in [3.8, 4) is 0 Å². The van der Waals surface area contributed by atoms with Crippen molar-refractivity contribution in [3.63, 3.8) is 0 Å². The molecule has 0 radical (unpaired) electrons.